The fraction of sp³-hybridized carbons (Fsp3) is 0.250. The third kappa shape index (κ3) is 2.14. The Hall–Kier alpha value is -1.75. The standard InChI is InChI=1S/C12H11NO/c14-12-9-11(13-12)8-4-7-10-5-2-1-3-6-10/h1-3,5-6,11H,8-9H2,(H,13,14). The van der Waals surface area contributed by atoms with Crippen molar-refractivity contribution >= 4 is 5.91 Å². The van der Waals surface area contributed by atoms with Crippen LogP contribution in [-0.2, 0) is 4.79 Å². The molecule has 1 aliphatic heterocycles. The zero-order valence-corrected chi connectivity index (χ0v) is 7.79. The number of carbonyl (C=O) groups excluding carboxylic acids is 1. The zero-order valence-electron chi connectivity index (χ0n) is 7.79. The predicted octanol–water partition coefficient (Wildman–Crippen LogP) is 1.32. The molecule has 2 heteroatoms. The second kappa shape index (κ2) is 3.97. The van der Waals surface area contributed by atoms with E-state index >= 15 is 0 Å². The number of amides is 1. The minimum atomic E-state index is 0.136. The first-order valence-electron chi connectivity index (χ1n) is 4.68. The average Bonchev–Trinajstić information content (AvgIpc) is 2.17. The molecule has 14 heavy (non-hydrogen) atoms. The van der Waals surface area contributed by atoms with Crippen molar-refractivity contribution in [3.8, 4) is 11.8 Å². The lowest BCUT2D eigenvalue weighted by Crippen LogP contribution is -2.48. The van der Waals surface area contributed by atoms with Crippen molar-refractivity contribution in [3.05, 3.63) is 35.9 Å². The van der Waals surface area contributed by atoms with E-state index in [2.05, 4.69) is 17.2 Å². The van der Waals surface area contributed by atoms with Gasteiger partial charge in [-0.3, -0.25) is 4.79 Å². The molecular formula is C12H11NO. The van der Waals surface area contributed by atoms with E-state index in [9.17, 15) is 4.79 Å². The van der Waals surface area contributed by atoms with Crippen molar-refractivity contribution in [1.29, 1.82) is 0 Å². The molecule has 70 valence electrons. The van der Waals surface area contributed by atoms with Gasteiger partial charge in [0.2, 0.25) is 5.91 Å². The van der Waals surface area contributed by atoms with Crippen LogP contribution in [0.5, 0.6) is 0 Å². The predicted molar refractivity (Wildman–Crippen MR) is 54.5 cm³/mol. The lowest BCUT2D eigenvalue weighted by Gasteiger charge is -2.24. The summed E-state index contributed by atoms with van der Waals surface area (Å²) < 4.78 is 0. The van der Waals surface area contributed by atoms with Gasteiger partial charge in [-0.25, -0.2) is 0 Å². The van der Waals surface area contributed by atoms with Crippen LogP contribution in [0.1, 0.15) is 18.4 Å². The largest absolute Gasteiger partial charge is 0.352 e. The van der Waals surface area contributed by atoms with Crippen LogP contribution in [0.25, 0.3) is 0 Å². The van der Waals surface area contributed by atoms with E-state index in [1.54, 1.807) is 0 Å². The lowest BCUT2D eigenvalue weighted by atomic mass is 10.0. The van der Waals surface area contributed by atoms with Crippen molar-refractivity contribution < 1.29 is 4.79 Å². The zero-order chi connectivity index (χ0) is 9.80. The van der Waals surface area contributed by atoms with Gasteiger partial charge < -0.3 is 5.32 Å². The fourth-order valence-electron chi connectivity index (χ4n) is 1.35. The Morgan fingerprint density at radius 1 is 1.36 bits per heavy atom. The summed E-state index contributed by atoms with van der Waals surface area (Å²) in [6.45, 7) is 0. The topological polar surface area (TPSA) is 29.1 Å². The van der Waals surface area contributed by atoms with E-state index in [1.165, 1.54) is 0 Å². The molecule has 0 bridgehead atoms. The van der Waals surface area contributed by atoms with Gasteiger partial charge >= 0.3 is 0 Å². The summed E-state index contributed by atoms with van der Waals surface area (Å²) in [5, 5.41) is 2.79. The first-order chi connectivity index (χ1) is 6.84. The molecule has 1 unspecified atom stereocenters. The van der Waals surface area contributed by atoms with Crippen molar-refractivity contribution in [2.24, 2.45) is 0 Å². The van der Waals surface area contributed by atoms with Gasteiger partial charge in [0.25, 0.3) is 0 Å². The molecule has 0 saturated carbocycles. The number of hydrogen-bond acceptors (Lipinski definition) is 1. The molecule has 2 nitrogen and oxygen atoms in total. The number of β-lactam (4-membered cyclic amide) rings is 1. The van der Waals surface area contributed by atoms with Crippen LogP contribution in [0, 0.1) is 11.8 Å². The van der Waals surface area contributed by atoms with E-state index < -0.39 is 0 Å². The summed E-state index contributed by atoms with van der Waals surface area (Å²) in [4.78, 5) is 10.6. The molecule has 1 fully saturated rings. The van der Waals surface area contributed by atoms with Gasteiger partial charge in [-0.2, -0.15) is 0 Å². The Kier molecular flexibility index (Phi) is 2.51. The quantitative estimate of drug-likeness (QED) is 0.519. The molecule has 0 radical (unpaired) electrons. The highest BCUT2D eigenvalue weighted by Crippen LogP contribution is 2.07. The van der Waals surface area contributed by atoms with Crippen LogP contribution in [0.3, 0.4) is 0 Å². The first-order valence-corrected chi connectivity index (χ1v) is 4.68. The summed E-state index contributed by atoms with van der Waals surface area (Å²) in [6, 6.07) is 10.1. The van der Waals surface area contributed by atoms with Gasteiger partial charge in [0.1, 0.15) is 0 Å². The first kappa shape index (κ1) is 8.83. The Morgan fingerprint density at radius 2 is 2.07 bits per heavy atom. The second-order valence-corrected chi connectivity index (χ2v) is 3.34. The number of benzene rings is 1. The van der Waals surface area contributed by atoms with Gasteiger partial charge in [0.15, 0.2) is 0 Å². The van der Waals surface area contributed by atoms with Gasteiger partial charge in [0, 0.05) is 24.4 Å². The maximum Gasteiger partial charge on any atom is 0.222 e. The van der Waals surface area contributed by atoms with Gasteiger partial charge in [-0.15, -0.1) is 0 Å². The Balaban J connectivity index is 1.86. The molecule has 1 N–H and O–H groups in total. The molecule has 1 heterocycles. The highest BCUT2D eigenvalue weighted by atomic mass is 16.2. The summed E-state index contributed by atoms with van der Waals surface area (Å²) in [5.41, 5.74) is 1.03. The number of hydrogen-bond donors (Lipinski definition) is 1. The molecule has 1 aromatic carbocycles. The molecule has 1 saturated heterocycles. The van der Waals surface area contributed by atoms with Gasteiger partial charge in [-0.05, 0) is 12.1 Å². The molecule has 0 aliphatic carbocycles. The lowest BCUT2D eigenvalue weighted by molar-refractivity contribution is -0.127. The van der Waals surface area contributed by atoms with Crippen molar-refractivity contribution in [1.82, 2.24) is 5.32 Å². The monoisotopic (exact) mass is 185 g/mol. The molecule has 0 spiro atoms. The molecule has 1 aromatic rings. The van der Waals surface area contributed by atoms with E-state index in [0.29, 0.717) is 6.42 Å². The molecule has 1 atom stereocenters. The third-order valence-electron chi connectivity index (χ3n) is 2.15. The maximum atomic E-state index is 10.6. The maximum absolute atomic E-state index is 10.6. The smallest absolute Gasteiger partial charge is 0.222 e. The molecular weight excluding hydrogens is 174 g/mol. The molecule has 0 aromatic heterocycles. The van der Waals surface area contributed by atoms with E-state index in [1.807, 2.05) is 30.3 Å². The van der Waals surface area contributed by atoms with Crippen LogP contribution in [0.4, 0.5) is 0 Å². The van der Waals surface area contributed by atoms with E-state index in [0.717, 1.165) is 12.0 Å². The average molecular weight is 185 g/mol. The minimum Gasteiger partial charge on any atom is -0.352 e. The summed E-state index contributed by atoms with van der Waals surface area (Å²) in [7, 11) is 0. The minimum absolute atomic E-state index is 0.136. The number of rotatable bonds is 1. The van der Waals surface area contributed by atoms with Crippen molar-refractivity contribution in [2.45, 2.75) is 18.9 Å². The van der Waals surface area contributed by atoms with Gasteiger partial charge in [-0.1, -0.05) is 30.0 Å². The van der Waals surface area contributed by atoms with Crippen LogP contribution < -0.4 is 5.32 Å². The van der Waals surface area contributed by atoms with Crippen molar-refractivity contribution in [3.63, 3.8) is 0 Å². The molecule has 1 aliphatic rings. The van der Waals surface area contributed by atoms with E-state index in [-0.39, 0.29) is 11.9 Å². The molecule has 1 amide bonds. The van der Waals surface area contributed by atoms with Crippen LogP contribution >= 0.6 is 0 Å². The Bertz CT molecular complexity index is 378. The second-order valence-electron chi connectivity index (χ2n) is 3.34. The third-order valence-corrected chi connectivity index (χ3v) is 2.15. The summed E-state index contributed by atoms with van der Waals surface area (Å²) >= 11 is 0. The number of nitrogens with one attached hydrogen (secondary N) is 1. The summed E-state index contributed by atoms with van der Waals surface area (Å²) in [6.07, 6.45) is 1.38. The van der Waals surface area contributed by atoms with E-state index in [4.69, 9.17) is 0 Å². The fourth-order valence-corrected chi connectivity index (χ4v) is 1.35. The van der Waals surface area contributed by atoms with Crippen LogP contribution in [-0.4, -0.2) is 11.9 Å². The normalized spacial score (nSPS) is 18.9. The molecule has 2 rings (SSSR count). The Labute approximate surface area is 83.3 Å². The van der Waals surface area contributed by atoms with Gasteiger partial charge in [0.05, 0.1) is 0 Å². The Morgan fingerprint density at radius 3 is 2.71 bits per heavy atom. The highest BCUT2D eigenvalue weighted by molar-refractivity contribution is 5.82. The van der Waals surface area contributed by atoms with Crippen molar-refractivity contribution in [2.75, 3.05) is 0 Å². The highest BCUT2D eigenvalue weighted by Gasteiger charge is 2.23. The SMILES string of the molecule is O=C1CC(CC#Cc2ccccc2)N1. The number of carbonyl (C=O) groups is 1. The van der Waals surface area contributed by atoms with Crippen LogP contribution in [0.2, 0.25) is 0 Å². The summed E-state index contributed by atoms with van der Waals surface area (Å²) in [5.74, 6) is 6.25. The van der Waals surface area contributed by atoms with Crippen LogP contribution in [0.15, 0.2) is 30.3 Å².